The highest BCUT2D eigenvalue weighted by molar-refractivity contribution is 6.30. The van der Waals surface area contributed by atoms with Crippen LogP contribution in [0.15, 0.2) is 66.9 Å². The largest absolute Gasteiger partial charge is 0.491 e. The number of piperidine rings is 1. The fraction of sp³-hybridized carbons (Fsp3) is 0.367. The second-order valence-electron chi connectivity index (χ2n) is 9.36. The summed E-state index contributed by atoms with van der Waals surface area (Å²) in [6.45, 7) is 4.80. The third kappa shape index (κ3) is 5.92. The normalized spacial score (nSPS) is 17.2. The molecule has 1 saturated heterocycles. The number of rotatable bonds is 8. The van der Waals surface area contributed by atoms with Crippen LogP contribution >= 0.6 is 11.6 Å². The van der Waals surface area contributed by atoms with Crippen molar-refractivity contribution >= 4 is 17.2 Å². The van der Waals surface area contributed by atoms with Crippen LogP contribution in [0.25, 0.3) is 5.57 Å². The summed E-state index contributed by atoms with van der Waals surface area (Å²) < 4.78 is 17.2. The lowest BCUT2D eigenvalue weighted by Crippen LogP contribution is -2.33. The number of aromatic nitrogens is 1. The monoisotopic (exact) mass is 504 g/mol. The zero-order valence-electron chi connectivity index (χ0n) is 20.8. The number of hydrogen-bond donors (Lipinski definition) is 0. The van der Waals surface area contributed by atoms with E-state index in [9.17, 15) is 0 Å². The van der Waals surface area contributed by atoms with Gasteiger partial charge in [-0.25, -0.2) is 0 Å². The van der Waals surface area contributed by atoms with Crippen LogP contribution in [-0.4, -0.2) is 49.8 Å². The molecule has 0 N–H and O–H groups in total. The van der Waals surface area contributed by atoms with Gasteiger partial charge in [0.2, 0.25) is 0 Å². The maximum atomic E-state index is 6.14. The predicted molar refractivity (Wildman–Crippen MR) is 144 cm³/mol. The minimum absolute atomic E-state index is 0.461. The molecule has 0 aliphatic carbocycles. The Balaban J connectivity index is 1.29. The van der Waals surface area contributed by atoms with Crippen molar-refractivity contribution in [3.63, 3.8) is 0 Å². The van der Waals surface area contributed by atoms with Gasteiger partial charge in [-0.3, -0.25) is 4.98 Å². The number of likely N-dealkylation sites (tertiary alicyclic amines) is 1. The first-order valence-electron chi connectivity index (χ1n) is 12.7. The quantitative estimate of drug-likeness (QED) is 0.334. The molecule has 0 amide bonds. The fourth-order valence-corrected chi connectivity index (χ4v) is 5.23. The molecule has 3 heterocycles. The highest BCUT2D eigenvalue weighted by Gasteiger charge is 2.22. The SMILES string of the molecule is COCCOc1ccc2c(c1)/C(=C/CCN1CCC(c3ccc(Cl)cc3)CC1)c1cccnc1CO2. The van der Waals surface area contributed by atoms with E-state index in [1.165, 1.54) is 24.0 Å². The molecule has 1 aromatic heterocycles. The van der Waals surface area contributed by atoms with E-state index in [1.54, 1.807) is 7.11 Å². The predicted octanol–water partition coefficient (Wildman–Crippen LogP) is 6.35. The van der Waals surface area contributed by atoms with Gasteiger partial charge in [0.05, 0.1) is 12.3 Å². The maximum Gasteiger partial charge on any atom is 0.131 e. The van der Waals surface area contributed by atoms with Gasteiger partial charge in [-0.05, 0) is 85.8 Å². The van der Waals surface area contributed by atoms with E-state index < -0.39 is 0 Å². The summed E-state index contributed by atoms with van der Waals surface area (Å²) in [5.74, 6) is 2.30. The molecule has 2 aliphatic rings. The molecule has 5 nitrogen and oxygen atoms in total. The zero-order valence-corrected chi connectivity index (χ0v) is 21.5. The average molecular weight is 505 g/mol. The summed E-state index contributed by atoms with van der Waals surface area (Å²) in [4.78, 5) is 7.18. The van der Waals surface area contributed by atoms with E-state index in [0.717, 1.165) is 59.4 Å². The minimum Gasteiger partial charge on any atom is -0.491 e. The molecular weight excluding hydrogens is 472 g/mol. The summed E-state index contributed by atoms with van der Waals surface area (Å²) in [6.07, 6.45) is 7.51. The average Bonchev–Trinajstić information content (AvgIpc) is 3.07. The molecule has 0 spiro atoms. The van der Waals surface area contributed by atoms with Gasteiger partial charge in [0, 0.05) is 36.0 Å². The van der Waals surface area contributed by atoms with E-state index in [2.05, 4.69) is 40.2 Å². The molecule has 0 radical (unpaired) electrons. The van der Waals surface area contributed by atoms with E-state index in [1.807, 2.05) is 36.5 Å². The highest BCUT2D eigenvalue weighted by atomic mass is 35.5. The standard InChI is InChI=1S/C30H33ClN2O3/c1-34-18-19-35-25-10-11-30-28(20-25)26(27-4-2-14-32-29(27)21-36-30)5-3-15-33-16-12-23(13-17-33)22-6-8-24(31)9-7-22/h2,4-11,14,20,23H,3,12-13,15-19,21H2,1H3/b26-5+. The number of fused-ring (bicyclic) bond motifs is 2. The number of pyridine rings is 1. The van der Waals surface area contributed by atoms with Crippen LogP contribution in [-0.2, 0) is 11.3 Å². The topological polar surface area (TPSA) is 43.8 Å². The molecule has 0 atom stereocenters. The van der Waals surface area contributed by atoms with Gasteiger partial charge in [-0.15, -0.1) is 0 Å². The lowest BCUT2D eigenvalue weighted by Gasteiger charge is -2.32. The van der Waals surface area contributed by atoms with Gasteiger partial charge >= 0.3 is 0 Å². The first-order chi connectivity index (χ1) is 17.7. The van der Waals surface area contributed by atoms with Crippen molar-refractivity contribution in [3.05, 3.63) is 94.3 Å². The molecular formula is C30H33ClN2O3. The molecule has 0 saturated carbocycles. The molecule has 188 valence electrons. The van der Waals surface area contributed by atoms with Crippen molar-refractivity contribution in [2.24, 2.45) is 0 Å². The second kappa shape index (κ2) is 11.9. The van der Waals surface area contributed by atoms with Crippen molar-refractivity contribution in [3.8, 4) is 11.5 Å². The van der Waals surface area contributed by atoms with E-state index in [4.69, 9.17) is 25.8 Å². The molecule has 5 rings (SSSR count). The van der Waals surface area contributed by atoms with Gasteiger partial charge in [-0.1, -0.05) is 35.9 Å². The second-order valence-corrected chi connectivity index (χ2v) is 9.80. The zero-order chi connectivity index (χ0) is 24.7. The van der Waals surface area contributed by atoms with Crippen LogP contribution in [0.5, 0.6) is 11.5 Å². The Bertz CT molecular complexity index is 1190. The molecule has 2 aromatic carbocycles. The summed E-state index contributed by atoms with van der Waals surface area (Å²) in [5, 5.41) is 0.806. The first-order valence-corrected chi connectivity index (χ1v) is 13.1. The van der Waals surface area contributed by atoms with Crippen molar-refractivity contribution in [2.75, 3.05) is 40.0 Å². The summed E-state index contributed by atoms with van der Waals surface area (Å²) in [5.41, 5.74) is 5.72. The number of benzene rings is 2. The number of hydrogen-bond acceptors (Lipinski definition) is 5. The Morgan fingerprint density at radius 1 is 1.06 bits per heavy atom. The van der Waals surface area contributed by atoms with Crippen molar-refractivity contribution in [1.29, 1.82) is 0 Å². The Morgan fingerprint density at radius 3 is 2.69 bits per heavy atom. The number of methoxy groups -OCH3 is 1. The lowest BCUT2D eigenvalue weighted by atomic mass is 9.89. The van der Waals surface area contributed by atoms with Gasteiger partial charge in [0.25, 0.3) is 0 Å². The summed E-state index contributed by atoms with van der Waals surface area (Å²) >= 11 is 6.07. The smallest absolute Gasteiger partial charge is 0.131 e. The van der Waals surface area contributed by atoms with Crippen LogP contribution in [0.3, 0.4) is 0 Å². The third-order valence-corrected chi connectivity index (χ3v) is 7.32. The number of nitrogens with zero attached hydrogens (tertiary/aromatic N) is 2. The molecule has 3 aromatic rings. The van der Waals surface area contributed by atoms with Gasteiger partial charge in [-0.2, -0.15) is 0 Å². The Hall–Kier alpha value is -2.86. The third-order valence-electron chi connectivity index (χ3n) is 7.06. The summed E-state index contributed by atoms with van der Waals surface area (Å²) in [7, 11) is 1.68. The molecule has 36 heavy (non-hydrogen) atoms. The van der Waals surface area contributed by atoms with Crippen molar-refractivity contribution in [1.82, 2.24) is 9.88 Å². The van der Waals surface area contributed by atoms with Crippen LogP contribution in [0.4, 0.5) is 0 Å². The van der Waals surface area contributed by atoms with Crippen LogP contribution in [0, 0.1) is 0 Å². The van der Waals surface area contributed by atoms with E-state index in [0.29, 0.717) is 25.7 Å². The highest BCUT2D eigenvalue weighted by Crippen LogP contribution is 2.38. The number of ether oxygens (including phenoxy) is 3. The van der Waals surface area contributed by atoms with Crippen LogP contribution < -0.4 is 9.47 Å². The van der Waals surface area contributed by atoms with Gasteiger partial charge < -0.3 is 19.1 Å². The molecule has 1 fully saturated rings. The van der Waals surface area contributed by atoms with Gasteiger partial charge in [0.1, 0.15) is 24.7 Å². The maximum absolute atomic E-state index is 6.14. The van der Waals surface area contributed by atoms with Crippen LogP contribution in [0.1, 0.15) is 47.6 Å². The molecule has 2 aliphatic heterocycles. The molecule has 0 bridgehead atoms. The number of halogens is 1. The van der Waals surface area contributed by atoms with Crippen LogP contribution in [0.2, 0.25) is 5.02 Å². The molecule has 0 unspecified atom stereocenters. The summed E-state index contributed by atoms with van der Waals surface area (Å²) in [6, 6.07) is 18.5. The van der Waals surface area contributed by atoms with E-state index in [-0.39, 0.29) is 0 Å². The Labute approximate surface area is 218 Å². The Kier molecular flexibility index (Phi) is 8.22. The van der Waals surface area contributed by atoms with Crippen molar-refractivity contribution < 1.29 is 14.2 Å². The van der Waals surface area contributed by atoms with Crippen molar-refractivity contribution in [2.45, 2.75) is 31.8 Å². The lowest BCUT2D eigenvalue weighted by molar-refractivity contribution is 0.146. The minimum atomic E-state index is 0.461. The Morgan fingerprint density at radius 2 is 1.89 bits per heavy atom. The van der Waals surface area contributed by atoms with Gasteiger partial charge in [0.15, 0.2) is 0 Å². The fourth-order valence-electron chi connectivity index (χ4n) is 5.10. The first kappa shape index (κ1) is 24.8. The molecule has 6 heteroatoms. The van der Waals surface area contributed by atoms with E-state index >= 15 is 0 Å².